The number of aliphatic hydroxyl groups is 1. The van der Waals surface area contributed by atoms with Gasteiger partial charge < -0.3 is 20.5 Å². The predicted octanol–water partition coefficient (Wildman–Crippen LogP) is 2.69. The van der Waals surface area contributed by atoms with Gasteiger partial charge in [-0.15, -0.1) is 0 Å². The summed E-state index contributed by atoms with van der Waals surface area (Å²) in [5, 5.41) is 14.6. The number of nitrogens with one attached hydrogen (secondary N) is 2. The summed E-state index contributed by atoms with van der Waals surface area (Å²) in [7, 11) is 1.56. The molecule has 0 spiro atoms. The van der Waals surface area contributed by atoms with Crippen molar-refractivity contribution >= 4 is 11.7 Å². The van der Waals surface area contributed by atoms with Gasteiger partial charge in [0.25, 0.3) is 0 Å². The Balaban J connectivity index is 2.01. The SMILES string of the molecule is COc1ccc([C@H](CO)NC(=O)Nc2cccc(F)c2)cc1. The van der Waals surface area contributed by atoms with Crippen molar-refractivity contribution in [2.45, 2.75) is 6.04 Å². The van der Waals surface area contributed by atoms with Gasteiger partial charge in [0.2, 0.25) is 0 Å². The highest BCUT2D eigenvalue weighted by Gasteiger charge is 2.14. The van der Waals surface area contributed by atoms with E-state index < -0.39 is 17.9 Å². The van der Waals surface area contributed by atoms with Crippen LogP contribution in [0.2, 0.25) is 0 Å². The van der Waals surface area contributed by atoms with E-state index in [1.807, 2.05) is 0 Å². The minimum atomic E-state index is -0.570. The zero-order chi connectivity index (χ0) is 15.9. The highest BCUT2D eigenvalue weighted by Crippen LogP contribution is 2.17. The summed E-state index contributed by atoms with van der Waals surface area (Å²) in [4.78, 5) is 11.9. The maximum absolute atomic E-state index is 13.1. The topological polar surface area (TPSA) is 70.6 Å². The van der Waals surface area contributed by atoms with Crippen LogP contribution in [-0.2, 0) is 0 Å². The van der Waals surface area contributed by atoms with Crippen molar-refractivity contribution in [2.24, 2.45) is 0 Å². The van der Waals surface area contributed by atoms with E-state index in [4.69, 9.17) is 4.74 Å². The molecule has 2 aromatic rings. The van der Waals surface area contributed by atoms with Crippen LogP contribution in [-0.4, -0.2) is 24.9 Å². The van der Waals surface area contributed by atoms with Gasteiger partial charge in [-0.25, -0.2) is 9.18 Å². The molecule has 0 saturated heterocycles. The summed E-state index contributed by atoms with van der Waals surface area (Å²) in [6.07, 6.45) is 0. The van der Waals surface area contributed by atoms with E-state index in [0.717, 1.165) is 5.56 Å². The normalized spacial score (nSPS) is 11.6. The molecule has 5 nitrogen and oxygen atoms in total. The first-order valence-corrected chi connectivity index (χ1v) is 6.70. The number of anilines is 1. The Labute approximate surface area is 127 Å². The van der Waals surface area contributed by atoms with Crippen molar-refractivity contribution in [3.63, 3.8) is 0 Å². The lowest BCUT2D eigenvalue weighted by Crippen LogP contribution is -2.34. The van der Waals surface area contributed by atoms with E-state index in [1.165, 1.54) is 18.2 Å². The van der Waals surface area contributed by atoms with Gasteiger partial charge in [-0.3, -0.25) is 0 Å². The first-order valence-electron chi connectivity index (χ1n) is 6.70. The standard InChI is InChI=1S/C16H17FN2O3/c1-22-14-7-5-11(6-8-14)15(10-20)19-16(21)18-13-4-2-3-12(17)9-13/h2-9,15,20H,10H2,1H3,(H2,18,19,21)/t15-/m0/s1. The van der Waals surface area contributed by atoms with E-state index in [9.17, 15) is 14.3 Å². The number of carbonyl (C=O) groups is 1. The lowest BCUT2D eigenvalue weighted by atomic mass is 10.1. The largest absolute Gasteiger partial charge is 0.497 e. The van der Waals surface area contributed by atoms with E-state index in [1.54, 1.807) is 37.4 Å². The van der Waals surface area contributed by atoms with E-state index >= 15 is 0 Å². The smallest absolute Gasteiger partial charge is 0.319 e. The molecule has 0 heterocycles. The third-order valence-corrected chi connectivity index (χ3v) is 3.09. The van der Waals surface area contributed by atoms with Crippen LogP contribution in [0.4, 0.5) is 14.9 Å². The number of carbonyl (C=O) groups excluding carboxylic acids is 1. The molecule has 6 heteroatoms. The molecular weight excluding hydrogens is 287 g/mol. The zero-order valence-electron chi connectivity index (χ0n) is 12.0. The van der Waals surface area contributed by atoms with Crippen molar-refractivity contribution in [3.05, 3.63) is 59.9 Å². The van der Waals surface area contributed by atoms with Crippen LogP contribution in [0.1, 0.15) is 11.6 Å². The van der Waals surface area contributed by atoms with Gasteiger partial charge >= 0.3 is 6.03 Å². The van der Waals surface area contributed by atoms with Gasteiger partial charge in [0.05, 0.1) is 19.8 Å². The molecule has 0 aliphatic heterocycles. The lowest BCUT2D eigenvalue weighted by Gasteiger charge is -2.17. The molecule has 0 radical (unpaired) electrons. The summed E-state index contributed by atoms with van der Waals surface area (Å²) in [5.74, 6) is 0.247. The monoisotopic (exact) mass is 304 g/mol. The summed E-state index contributed by atoms with van der Waals surface area (Å²) in [6.45, 7) is -0.261. The molecular formula is C16H17FN2O3. The number of benzene rings is 2. The first kappa shape index (κ1) is 15.8. The molecule has 0 aromatic heterocycles. The van der Waals surface area contributed by atoms with Crippen LogP contribution >= 0.6 is 0 Å². The Kier molecular flexibility index (Phi) is 5.32. The number of ether oxygens (including phenoxy) is 1. The maximum atomic E-state index is 13.1. The summed E-state index contributed by atoms with van der Waals surface area (Å²) in [6, 6.07) is 11.5. The Bertz CT molecular complexity index is 632. The second kappa shape index (κ2) is 7.42. The molecule has 116 valence electrons. The number of halogens is 1. The molecule has 22 heavy (non-hydrogen) atoms. The van der Waals surface area contributed by atoms with Gasteiger partial charge in [0.1, 0.15) is 11.6 Å². The van der Waals surface area contributed by atoms with Gasteiger partial charge in [-0.1, -0.05) is 18.2 Å². The molecule has 2 aromatic carbocycles. The van der Waals surface area contributed by atoms with Crippen molar-refractivity contribution in [1.82, 2.24) is 5.32 Å². The number of hydrogen-bond donors (Lipinski definition) is 3. The zero-order valence-corrected chi connectivity index (χ0v) is 12.0. The van der Waals surface area contributed by atoms with Crippen LogP contribution in [0.3, 0.4) is 0 Å². The molecule has 0 bridgehead atoms. The molecule has 0 unspecified atom stereocenters. The predicted molar refractivity (Wildman–Crippen MR) is 81.4 cm³/mol. The molecule has 1 atom stereocenters. The quantitative estimate of drug-likeness (QED) is 0.795. The van der Waals surface area contributed by atoms with Crippen molar-refractivity contribution < 1.29 is 19.0 Å². The molecule has 3 N–H and O–H groups in total. The third-order valence-electron chi connectivity index (χ3n) is 3.09. The minimum absolute atomic E-state index is 0.261. The van der Waals surface area contributed by atoms with E-state index in [2.05, 4.69) is 10.6 Å². The van der Waals surface area contributed by atoms with E-state index in [0.29, 0.717) is 11.4 Å². The van der Waals surface area contributed by atoms with Crippen LogP contribution in [0.15, 0.2) is 48.5 Å². The van der Waals surface area contributed by atoms with Crippen LogP contribution in [0.5, 0.6) is 5.75 Å². The van der Waals surface area contributed by atoms with Gasteiger partial charge in [-0.2, -0.15) is 0 Å². The summed E-state index contributed by atoms with van der Waals surface area (Å²) >= 11 is 0. The number of hydrogen-bond acceptors (Lipinski definition) is 3. The Morgan fingerprint density at radius 2 is 2.00 bits per heavy atom. The number of amides is 2. The number of methoxy groups -OCH3 is 1. The van der Waals surface area contributed by atoms with Crippen molar-refractivity contribution in [3.8, 4) is 5.75 Å². The van der Waals surface area contributed by atoms with Crippen LogP contribution < -0.4 is 15.4 Å². The van der Waals surface area contributed by atoms with Gasteiger partial charge in [0.15, 0.2) is 0 Å². The van der Waals surface area contributed by atoms with Gasteiger partial charge in [0, 0.05) is 5.69 Å². The molecule has 0 saturated carbocycles. The Hall–Kier alpha value is -2.60. The van der Waals surface area contributed by atoms with Crippen molar-refractivity contribution in [1.29, 1.82) is 0 Å². The fraction of sp³-hybridized carbons (Fsp3) is 0.188. The first-order chi connectivity index (χ1) is 10.6. The molecule has 0 aliphatic rings. The fourth-order valence-electron chi connectivity index (χ4n) is 1.96. The maximum Gasteiger partial charge on any atom is 0.319 e. The van der Waals surface area contributed by atoms with E-state index in [-0.39, 0.29) is 6.61 Å². The number of urea groups is 1. The highest BCUT2D eigenvalue weighted by atomic mass is 19.1. The number of rotatable bonds is 5. The van der Waals surface area contributed by atoms with Crippen LogP contribution in [0, 0.1) is 5.82 Å². The Morgan fingerprint density at radius 3 is 2.59 bits per heavy atom. The average Bonchev–Trinajstić information content (AvgIpc) is 2.53. The van der Waals surface area contributed by atoms with Crippen LogP contribution in [0.25, 0.3) is 0 Å². The molecule has 0 aliphatic carbocycles. The second-order valence-electron chi connectivity index (χ2n) is 4.62. The van der Waals surface area contributed by atoms with Gasteiger partial charge in [-0.05, 0) is 35.9 Å². The fourth-order valence-corrected chi connectivity index (χ4v) is 1.96. The van der Waals surface area contributed by atoms with Crippen molar-refractivity contribution in [2.75, 3.05) is 19.0 Å². The highest BCUT2D eigenvalue weighted by molar-refractivity contribution is 5.89. The molecule has 0 fully saturated rings. The summed E-state index contributed by atoms with van der Waals surface area (Å²) in [5.41, 5.74) is 1.07. The number of aliphatic hydroxyl groups excluding tert-OH is 1. The lowest BCUT2D eigenvalue weighted by molar-refractivity contribution is 0.225. The third kappa shape index (κ3) is 4.20. The average molecular weight is 304 g/mol. The molecule has 2 rings (SSSR count). The summed E-state index contributed by atoms with van der Waals surface area (Å²) < 4.78 is 18.1. The minimum Gasteiger partial charge on any atom is -0.497 e. The second-order valence-corrected chi connectivity index (χ2v) is 4.62. The molecule has 2 amide bonds. The Morgan fingerprint density at radius 1 is 1.27 bits per heavy atom.